The Bertz CT molecular complexity index is 654. The van der Waals surface area contributed by atoms with E-state index in [1.165, 1.54) is 0 Å². The second kappa shape index (κ2) is 8.13. The van der Waals surface area contributed by atoms with Crippen LogP contribution in [-0.4, -0.2) is 22.6 Å². The topological polar surface area (TPSA) is 66.9 Å². The summed E-state index contributed by atoms with van der Waals surface area (Å²) in [7, 11) is 0. The highest BCUT2D eigenvalue weighted by Gasteiger charge is 2.08. The van der Waals surface area contributed by atoms with Gasteiger partial charge in [-0.05, 0) is 42.7 Å². The fourth-order valence-electron chi connectivity index (χ4n) is 1.86. The number of nitrogens with one attached hydrogen (secondary N) is 2. The molecule has 0 saturated carbocycles. The number of carbonyl (C=O) groups is 1. The minimum absolute atomic E-state index is 0.226. The molecule has 7 heteroatoms. The number of aromatic nitrogens is 2. The number of benzene rings is 1. The quantitative estimate of drug-likeness (QED) is 0.812. The first-order valence-electron chi connectivity index (χ1n) is 7.29. The maximum absolute atomic E-state index is 11.9. The molecule has 5 nitrogen and oxygen atoms in total. The summed E-state index contributed by atoms with van der Waals surface area (Å²) >= 11 is 11.9. The Balaban J connectivity index is 1.97. The molecule has 0 atom stereocenters. The van der Waals surface area contributed by atoms with Gasteiger partial charge in [0, 0.05) is 22.3 Å². The van der Waals surface area contributed by atoms with Crippen molar-refractivity contribution < 1.29 is 4.79 Å². The van der Waals surface area contributed by atoms with Crippen LogP contribution in [0.4, 0.5) is 11.5 Å². The zero-order valence-corrected chi connectivity index (χ0v) is 14.4. The zero-order chi connectivity index (χ0) is 16.8. The van der Waals surface area contributed by atoms with Gasteiger partial charge in [0.2, 0.25) is 0 Å². The molecule has 0 saturated heterocycles. The molecule has 1 amide bonds. The highest BCUT2D eigenvalue weighted by atomic mass is 35.5. The predicted octanol–water partition coefficient (Wildman–Crippen LogP) is 4.30. The van der Waals surface area contributed by atoms with Crippen molar-refractivity contribution in [1.29, 1.82) is 0 Å². The smallest absolute Gasteiger partial charge is 0.271 e. The fraction of sp³-hybridized carbons (Fsp3) is 0.312. The van der Waals surface area contributed by atoms with Crippen molar-refractivity contribution in [1.82, 2.24) is 15.5 Å². The Hall–Kier alpha value is -1.85. The van der Waals surface area contributed by atoms with Crippen LogP contribution in [-0.2, 0) is 0 Å². The summed E-state index contributed by atoms with van der Waals surface area (Å²) in [4.78, 5) is 11.9. The molecule has 1 aromatic carbocycles. The van der Waals surface area contributed by atoms with Crippen molar-refractivity contribution in [3.8, 4) is 0 Å². The summed E-state index contributed by atoms with van der Waals surface area (Å²) in [5, 5.41) is 14.8. The van der Waals surface area contributed by atoms with Gasteiger partial charge in [-0.2, -0.15) is 0 Å². The molecular weight excluding hydrogens is 335 g/mol. The van der Waals surface area contributed by atoms with E-state index < -0.39 is 0 Å². The number of anilines is 2. The second-order valence-corrected chi connectivity index (χ2v) is 6.40. The van der Waals surface area contributed by atoms with Crippen molar-refractivity contribution in [3.05, 3.63) is 46.1 Å². The minimum atomic E-state index is -0.226. The number of carbonyl (C=O) groups excluding carboxylic acids is 1. The van der Waals surface area contributed by atoms with Crippen molar-refractivity contribution >= 4 is 40.6 Å². The van der Waals surface area contributed by atoms with Crippen LogP contribution in [0.1, 0.15) is 30.8 Å². The standard InChI is InChI=1S/C16H18Cl2N4O/c1-10(2)5-6-19-16(23)14-3-4-15(22-21-14)20-13-8-11(17)7-12(18)9-13/h3-4,7-10H,5-6H2,1-2H3,(H,19,23)(H,20,22). The first-order valence-corrected chi connectivity index (χ1v) is 8.04. The van der Waals surface area contributed by atoms with Crippen LogP contribution in [0.5, 0.6) is 0 Å². The van der Waals surface area contributed by atoms with Gasteiger partial charge in [0.1, 0.15) is 0 Å². The number of rotatable bonds is 6. The van der Waals surface area contributed by atoms with Crippen LogP contribution in [0.2, 0.25) is 10.0 Å². The van der Waals surface area contributed by atoms with Crippen molar-refractivity contribution in [2.45, 2.75) is 20.3 Å². The van der Waals surface area contributed by atoms with Gasteiger partial charge in [0.25, 0.3) is 5.91 Å². The van der Waals surface area contributed by atoms with Crippen LogP contribution in [0.3, 0.4) is 0 Å². The van der Waals surface area contributed by atoms with Gasteiger partial charge in [-0.25, -0.2) is 0 Å². The maximum atomic E-state index is 11.9. The summed E-state index contributed by atoms with van der Waals surface area (Å²) in [6.07, 6.45) is 0.925. The van der Waals surface area contributed by atoms with Gasteiger partial charge in [0.05, 0.1) is 0 Å². The largest absolute Gasteiger partial charge is 0.351 e. The zero-order valence-electron chi connectivity index (χ0n) is 12.9. The molecule has 0 spiro atoms. The number of halogens is 2. The Morgan fingerprint density at radius 2 is 1.83 bits per heavy atom. The number of amides is 1. The van der Waals surface area contributed by atoms with Crippen molar-refractivity contribution in [3.63, 3.8) is 0 Å². The number of hydrogen-bond donors (Lipinski definition) is 2. The van der Waals surface area contributed by atoms with E-state index in [0.29, 0.717) is 34.0 Å². The molecule has 0 bridgehead atoms. The molecule has 0 radical (unpaired) electrons. The van der Waals surface area contributed by atoms with E-state index in [-0.39, 0.29) is 11.6 Å². The van der Waals surface area contributed by atoms with Gasteiger partial charge in [-0.15, -0.1) is 10.2 Å². The van der Waals surface area contributed by atoms with Crippen LogP contribution < -0.4 is 10.6 Å². The highest BCUT2D eigenvalue weighted by Crippen LogP contribution is 2.24. The van der Waals surface area contributed by atoms with E-state index in [1.54, 1.807) is 30.3 Å². The number of nitrogens with zero attached hydrogens (tertiary/aromatic N) is 2. The molecule has 0 aliphatic rings. The summed E-state index contributed by atoms with van der Waals surface area (Å²) in [5.74, 6) is 0.815. The lowest BCUT2D eigenvalue weighted by Gasteiger charge is -2.08. The normalized spacial score (nSPS) is 10.7. The van der Waals surface area contributed by atoms with Crippen LogP contribution in [0.15, 0.2) is 30.3 Å². The summed E-state index contributed by atoms with van der Waals surface area (Å²) in [5.41, 5.74) is 0.981. The molecule has 1 heterocycles. The lowest BCUT2D eigenvalue weighted by atomic mass is 10.1. The van der Waals surface area contributed by atoms with E-state index in [4.69, 9.17) is 23.2 Å². The predicted molar refractivity (Wildman–Crippen MR) is 93.6 cm³/mol. The molecular formula is C16H18Cl2N4O. The number of hydrogen-bond acceptors (Lipinski definition) is 4. The van der Waals surface area contributed by atoms with E-state index in [9.17, 15) is 4.79 Å². The van der Waals surface area contributed by atoms with E-state index in [2.05, 4.69) is 34.7 Å². The SMILES string of the molecule is CC(C)CCNC(=O)c1ccc(Nc2cc(Cl)cc(Cl)c2)nn1. The van der Waals surface area contributed by atoms with Gasteiger partial charge in [0.15, 0.2) is 11.5 Å². The van der Waals surface area contributed by atoms with E-state index in [1.807, 2.05) is 0 Å². The molecule has 2 aromatic rings. The molecule has 2 N–H and O–H groups in total. The van der Waals surface area contributed by atoms with Crippen molar-refractivity contribution in [2.24, 2.45) is 5.92 Å². The average Bonchev–Trinajstić information content (AvgIpc) is 2.46. The second-order valence-electron chi connectivity index (χ2n) is 5.53. The Labute approximate surface area is 145 Å². The van der Waals surface area contributed by atoms with E-state index >= 15 is 0 Å². The summed E-state index contributed by atoms with van der Waals surface area (Å²) in [6.45, 7) is 4.84. The van der Waals surface area contributed by atoms with E-state index in [0.717, 1.165) is 6.42 Å². The molecule has 0 aliphatic carbocycles. The Kier molecular flexibility index (Phi) is 6.19. The Morgan fingerprint density at radius 3 is 2.39 bits per heavy atom. The summed E-state index contributed by atoms with van der Waals surface area (Å²) in [6, 6.07) is 8.39. The lowest BCUT2D eigenvalue weighted by molar-refractivity contribution is 0.0946. The maximum Gasteiger partial charge on any atom is 0.271 e. The van der Waals surface area contributed by atoms with Crippen LogP contribution in [0.25, 0.3) is 0 Å². The van der Waals surface area contributed by atoms with Crippen LogP contribution >= 0.6 is 23.2 Å². The van der Waals surface area contributed by atoms with Crippen LogP contribution in [0, 0.1) is 5.92 Å². The van der Waals surface area contributed by atoms with Gasteiger partial charge in [-0.3, -0.25) is 4.79 Å². The van der Waals surface area contributed by atoms with Gasteiger partial charge < -0.3 is 10.6 Å². The molecule has 0 fully saturated rings. The Morgan fingerprint density at radius 1 is 1.13 bits per heavy atom. The summed E-state index contributed by atoms with van der Waals surface area (Å²) < 4.78 is 0. The van der Waals surface area contributed by atoms with Crippen molar-refractivity contribution in [2.75, 3.05) is 11.9 Å². The molecule has 1 aromatic heterocycles. The molecule has 23 heavy (non-hydrogen) atoms. The monoisotopic (exact) mass is 352 g/mol. The molecule has 122 valence electrons. The average molecular weight is 353 g/mol. The third kappa shape index (κ3) is 5.69. The van der Waals surface area contributed by atoms with Gasteiger partial charge >= 0.3 is 0 Å². The highest BCUT2D eigenvalue weighted by molar-refractivity contribution is 6.35. The lowest BCUT2D eigenvalue weighted by Crippen LogP contribution is -2.26. The molecule has 0 unspecified atom stereocenters. The van der Waals surface area contributed by atoms with Gasteiger partial charge in [-0.1, -0.05) is 37.0 Å². The third-order valence-corrected chi connectivity index (χ3v) is 3.48. The molecule has 0 aliphatic heterocycles. The minimum Gasteiger partial charge on any atom is -0.351 e. The fourth-order valence-corrected chi connectivity index (χ4v) is 2.38. The third-order valence-electron chi connectivity index (χ3n) is 3.04. The first-order chi connectivity index (χ1) is 10.9. The first kappa shape index (κ1) is 17.5. The molecule has 2 rings (SSSR count).